The van der Waals surface area contributed by atoms with Crippen LogP contribution in [-0.2, 0) is 32.7 Å². The minimum Gasteiger partial charge on any atom is -0.497 e. The van der Waals surface area contributed by atoms with Gasteiger partial charge in [0.05, 0.1) is 49.5 Å². The lowest BCUT2D eigenvalue weighted by atomic mass is 10.1. The Morgan fingerprint density at radius 3 is 2.11 bits per heavy atom. The smallest absolute Gasteiger partial charge is 0.356 e. The molecule has 3 atom stereocenters. The van der Waals surface area contributed by atoms with E-state index < -0.39 is 12.9 Å². The molecule has 56 heavy (non-hydrogen) atoms. The molecular formula is C40H64BrN4O10P. The fourth-order valence-corrected chi connectivity index (χ4v) is 8.72. The molecule has 1 aromatic heterocycles. The Kier molecular flexibility index (Phi) is 24.0. The Bertz CT molecular complexity index is 1620. The van der Waals surface area contributed by atoms with Gasteiger partial charge in [0.2, 0.25) is 18.7 Å². The van der Waals surface area contributed by atoms with Crippen LogP contribution < -0.4 is 20.8 Å². The highest BCUT2D eigenvalue weighted by Crippen LogP contribution is 2.72. The van der Waals surface area contributed by atoms with Crippen molar-refractivity contribution in [2.45, 2.75) is 104 Å². The molecule has 0 radical (unpaired) electrons. The second-order valence-electron chi connectivity index (χ2n) is 14.0. The maximum absolute atomic E-state index is 12.5. The number of rotatable bonds is 15. The fourth-order valence-electron chi connectivity index (χ4n) is 6.06. The van der Waals surface area contributed by atoms with Crippen molar-refractivity contribution in [3.8, 4) is 5.75 Å². The van der Waals surface area contributed by atoms with Gasteiger partial charge in [-0.3, -0.25) is 28.5 Å². The summed E-state index contributed by atoms with van der Waals surface area (Å²) in [5.74, 6) is 1.28. The average Bonchev–Trinajstić information content (AvgIpc) is 3.44. The van der Waals surface area contributed by atoms with Crippen molar-refractivity contribution >= 4 is 58.9 Å². The van der Waals surface area contributed by atoms with E-state index in [0.29, 0.717) is 53.7 Å². The summed E-state index contributed by atoms with van der Waals surface area (Å²) < 4.78 is 33.2. The SMILES string of the molecule is C=CC1C[C@]1(NC=O)P(=O)(OCC)OCC.CC(C)C.CC1CCCN1C(=O)CNC=O.COC1CCCC1.COc1ccc2c(=O)cc(C(=O)CBr)[nH]c2c1. The molecule has 3 fully saturated rings. The molecule has 5 rings (SSSR count). The number of methoxy groups -OCH3 is 2. The first-order chi connectivity index (χ1) is 26.7. The van der Waals surface area contributed by atoms with Crippen molar-refractivity contribution in [3.05, 3.63) is 52.8 Å². The summed E-state index contributed by atoms with van der Waals surface area (Å²) in [4.78, 5) is 59.9. The molecule has 1 aromatic carbocycles. The minimum absolute atomic E-state index is 0.0205. The molecular weight excluding hydrogens is 807 g/mol. The zero-order valence-corrected chi connectivity index (χ0v) is 36.9. The molecule has 2 aromatic rings. The number of pyridine rings is 1. The normalized spacial score (nSPS) is 19.7. The highest BCUT2D eigenvalue weighted by atomic mass is 79.9. The molecule has 16 heteroatoms. The number of hydrogen-bond donors (Lipinski definition) is 3. The maximum atomic E-state index is 12.5. The van der Waals surface area contributed by atoms with Crippen LogP contribution in [0.5, 0.6) is 5.75 Å². The molecule has 2 aliphatic carbocycles. The Balaban J connectivity index is 0.000000374. The van der Waals surface area contributed by atoms with E-state index in [1.165, 1.54) is 31.7 Å². The number of H-pyrrole nitrogens is 1. The number of carbonyl (C=O) groups excluding carboxylic acids is 4. The molecule has 3 amide bonds. The predicted octanol–water partition coefficient (Wildman–Crippen LogP) is 7.00. The van der Waals surface area contributed by atoms with E-state index in [1.54, 1.807) is 52.3 Å². The van der Waals surface area contributed by atoms with Gasteiger partial charge in [0.1, 0.15) is 11.0 Å². The largest absolute Gasteiger partial charge is 0.497 e. The number of halogens is 1. The molecule has 0 bridgehead atoms. The number of alkyl halides is 1. The minimum atomic E-state index is -3.31. The molecule has 1 saturated heterocycles. The third-order valence-corrected chi connectivity index (χ3v) is 12.3. The molecule has 316 valence electrons. The first-order valence-corrected chi connectivity index (χ1v) is 21.9. The molecule has 0 spiro atoms. The number of benzene rings is 1. The summed E-state index contributed by atoms with van der Waals surface area (Å²) in [5, 5.41) is 4.77. The number of amides is 3. The Morgan fingerprint density at radius 1 is 1.05 bits per heavy atom. The average molecular weight is 872 g/mol. The van der Waals surface area contributed by atoms with E-state index in [0.717, 1.165) is 25.3 Å². The lowest BCUT2D eigenvalue weighted by Gasteiger charge is -2.26. The van der Waals surface area contributed by atoms with E-state index in [1.807, 2.05) is 11.8 Å². The number of ketones is 1. The van der Waals surface area contributed by atoms with Gasteiger partial charge in [-0.1, -0.05) is 55.6 Å². The maximum Gasteiger partial charge on any atom is 0.356 e. The van der Waals surface area contributed by atoms with Crippen LogP contribution in [0.2, 0.25) is 0 Å². The molecule has 1 aliphatic heterocycles. The van der Waals surface area contributed by atoms with Crippen LogP contribution in [0, 0.1) is 11.8 Å². The van der Waals surface area contributed by atoms with E-state index in [-0.39, 0.29) is 48.1 Å². The van der Waals surface area contributed by atoms with Crippen molar-refractivity contribution in [1.82, 2.24) is 20.5 Å². The highest BCUT2D eigenvalue weighted by molar-refractivity contribution is 9.09. The number of aromatic amines is 1. The van der Waals surface area contributed by atoms with E-state index >= 15 is 0 Å². The van der Waals surface area contributed by atoms with Crippen LogP contribution in [0.15, 0.2) is 41.7 Å². The fraction of sp³-hybridized carbons (Fsp3) is 0.625. The highest BCUT2D eigenvalue weighted by Gasteiger charge is 2.67. The lowest BCUT2D eigenvalue weighted by molar-refractivity contribution is -0.131. The van der Waals surface area contributed by atoms with Gasteiger partial charge in [0.15, 0.2) is 11.2 Å². The number of nitrogens with zero attached hydrogens (tertiary/aromatic N) is 1. The van der Waals surface area contributed by atoms with Gasteiger partial charge in [0.25, 0.3) is 0 Å². The van der Waals surface area contributed by atoms with E-state index in [4.69, 9.17) is 18.5 Å². The topological polar surface area (TPSA) is 182 Å². The predicted molar refractivity (Wildman–Crippen MR) is 225 cm³/mol. The number of carbonyl (C=O) groups is 4. The summed E-state index contributed by atoms with van der Waals surface area (Å²) in [5.41, 5.74) is 0.722. The van der Waals surface area contributed by atoms with Gasteiger partial charge in [-0.15, -0.1) is 6.58 Å². The van der Waals surface area contributed by atoms with Gasteiger partial charge < -0.3 is 39.0 Å². The van der Waals surface area contributed by atoms with Crippen LogP contribution >= 0.6 is 23.5 Å². The summed E-state index contributed by atoms with van der Waals surface area (Å²) in [6, 6.07) is 6.74. The molecule has 3 N–H and O–H groups in total. The van der Waals surface area contributed by atoms with Crippen molar-refractivity contribution < 1.29 is 42.3 Å². The molecule has 3 aliphatic rings. The van der Waals surface area contributed by atoms with Crippen molar-refractivity contribution in [2.24, 2.45) is 11.8 Å². The van der Waals surface area contributed by atoms with Crippen LogP contribution in [-0.4, -0.2) is 97.7 Å². The number of nitrogens with one attached hydrogen (secondary N) is 3. The Morgan fingerprint density at radius 2 is 1.68 bits per heavy atom. The van der Waals surface area contributed by atoms with Crippen molar-refractivity contribution in [3.63, 3.8) is 0 Å². The summed E-state index contributed by atoms with van der Waals surface area (Å²) >= 11 is 3.07. The van der Waals surface area contributed by atoms with Crippen LogP contribution in [0.4, 0.5) is 0 Å². The van der Waals surface area contributed by atoms with Crippen LogP contribution in [0.3, 0.4) is 0 Å². The number of likely N-dealkylation sites (tertiary alicyclic amines) is 1. The lowest BCUT2D eigenvalue weighted by Crippen LogP contribution is -2.39. The monoisotopic (exact) mass is 870 g/mol. The van der Waals surface area contributed by atoms with Crippen LogP contribution in [0.1, 0.15) is 97.0 Å². The van der Waals surface area contributed by atoms with E-state index in [2.05, 4.69) is 58.9 Å². The Labute approximate surface area is 340 Å². The first-order valence-electron chi connectivity index (χ1n) is 19.2. The zero-order chi connectivity index (χ0) is 42.3. The number of hydrogen-bond acceptors (Lipinski definition) is 10. The number of fused-ring (bicyclic) bond motifs is 1. The van der Waals surface area contributed by atoms with E-state index in [9.17, 15) is 28.5 Å². The summed E-state index contributed by atoms with van der Waals surface area (Å²) in [6.45, 7) is 17.2. The van der Waals surface area contributed by atoms with Crippen LogP contribution in [0.25, 0.3) is 10.9 Å². The molecule has 2 saturated carbocycles. The summed E-state index contributed by atoms with van der Waals surface area (Å²) in [6.07, 6.45) is 11.4. The number of aromatic nitrogens is 1. The number of Topliss-reactive ketones (excluding diaryl/α,β-unsaturated/α-hetero) is 1. The van der Waals surface area contributed by atoms with Crippen molar-refractivity contribution in [1.29, 1.82) is 0 Å². The second kappa shape index (κ2) is 26.5. The Hall–Kier alpha value is -3.36. The number of ether oxygens (including phenoxy) is 2. The van der Waals surface area contributed by atoms with Gasteiger partial charge in [-0.25, -0.2) is 0 Å². The quantitative estimate of drug-likeness (QED) is 0.0555. The van der Waals surface area contributed by atoms with Gasteiger partial charge in [-0.05, 0) is 70.9 Å². The van der Waals surface area contributed by atoms with Gasteiger partial charge in [-0.2, -0.15) is 0 Å². The standard InChI is InChI=1S/C12H10BrNO3.C10H18NO4P.C8H14N2O2.C6H12O.C4H10/c1-17-7-2-3-8-9(4-7)14-10(5-11(8)15)12(16)6-13;1-4-9-7-10(9,11-8-12)16(13,14-5-2)15-6-3;1-7-3-2-4-10(7)8(12)5-9-6-11;1-7-6-4-2-3-5-6;1-4(2)3/h2-5H,6H2,1H3,(H,14,15);4,8-9H,1,5-7H2,2-3H3,(H,11,12);6-7H,2-5H2,1H3,(H,9,11);6H,2-5H2,1H3;4H,1-3H3/t;9?,10-;;;/m.0.../s1. The third-order valence-electron chi connectivity index (χ3n) is 8.97. The van der Waals surface area contributed by atoms with Gasteiger partial charge >= 0.3 is 7.60 Å². The zero-order valence-electron chi connectivity index (χ0n) is 34.4. The third kappa shape index (κ3) is 15.9. The summed E-state index contributed by atoms with van der Waals surface area (Å²) in [7, 11) is 0.0360. The molecule has 2 heterocycles. The van der Waals surface area contributed by atoms with Gasteiger partial charge in [0, 0.05) is 43.1 Å². The van der Waals surface area contributed by atoms with Crippen molar-refractivity contribution in [2.75, 3.05) is 45.9 Å². The molecule has 2 unspecified atom stereocenters. The first kappa shape index (κ1) is 50.7. The molecule has 14 nitrogen and oxygen atoms in total. The second-order valence-corrected chi connectivity index (χ2v) is 16.9.